The van der Waals surface area contributed by atoms with Crippen LogP contribution in [0.5, 0.6) is 0 Å². The van der Waals surface area contributed by atoms with Crippen LogP contribution in [-0.2, 0) is 17.9 Å². The van der Waals surface area contributed by atoms with E-state index < -0.39 is 0 Å². The normalized spacial score (nSPS) is 11.2. The fourth-order valence-electron chi connectivity index (χ4n) is 2.83. The molecule has 0 aliphatic rings. The zero-order valence-corrected chi connectivity index (χ0v) is 21.0. The van der Waals surface area contributed by atoms with Crippen LogP contribution in [0.4, 0.5) is 5.69 Å². The van der Waals surface area contributed by atoms with E-state index >= 15 is 0 Å². The zero-order valence-electron chi connectivity index (χ0n) is 18.7. The molecule has 7 nitrogen and oxygen atoms in total. The molecule has 2 rings (SSSR count). The van der Waals surface area contributed by atoms with Crippen molar-refractivity contribution in [3.05, 3.63) is 47.3 Å². The lowest BCUT2D eigenvalue weighted by Crippen LogP contribution is -2.38. The van der Waals surface area contributed by atoms with Gasteiger partial charge in [-0.25, -0.2) is 4.99 Å². The Hall–Kier alpha value is -2.10. The fourth-order valence-corrected chi connectivity index (χ4v) is 2.83. The molecule has 0 fully saturated rings. The number of hydrogen-bond acceptors (Lipinski definition) is 3. The van der Waals surface area contributed by atoms with Gasteiger partial charge in [0.1, 0.15) is 0 Å². The van der Waals surface area contributed by atoms with Crippen LogP contribution in [0.1, 0.15) is 44.1 Å². The Bertz CT molecular complexity index is 814. The minimum atomic E-state index is -0.0331. The highest BCUT2D eigenvalue weighted by Crippen LogP contribution is 2.11. The van der Waals surface area contributed by atoms with E-state index in [-0.39, 0.29) is 35.8 Å². The summed E-state index contributed by atoms with van der Waals surface area (Å²) in [6.07, 6.45) is 0.969. The molecule has 0 spiro atoms. The molecule has 0 atom stereocenters. The summed E-state index contributed by atoms with van der Waals surface area (Å²) in [6, 6.07) is 9.91. The molecule has 0 saturated carbocycles. The van der Waals surface area contributed by atoms with Crippen molar-refractivity contribution in [2.75, 3.05) is 18.4 Å². The third kappa shape index (κ3) is 8.73. The number of guanidine groups is 1. The van der Waals surface area contributed by atoms with Crippen LogP contribution in [0.25, 0.3) is 0 Å². The van der Waals surface area contributed by atoms with Crippen molar-refractivity contribution in [2.24, 2.45) is 10.9 Å². The molecular formula is C22H35IN6O. The fraction of sp³-hybridized carbons (Fsp3) is 0.500. The van der Waals surface area contributed by atoms with E-state index in [4.69, 9.17) is 0 Å². The van der Waals surface area contributed by atoms with E-state index in [9.17, 15) is 4.79 Å². The number of carbonyl (C=O) groups is 1. The molecule has 2 aromatic rings. The average molecular weight is 526 g/mol. The topological polar surface area (TPSA) is 83.3 Å². The maximum atomic E-state index is 11.8. The van der Waals surface area contributed by atoms with Crippen molar-refractivity contribution in [1.82, 2.24) is 20.4 Å². The Morgan fingerprint density at radius 1 is 1.17 bits per heavy atom. The Morgan fingerprint density at radius 2 is 1.87 bits per heavy atom. The number of hydrogen-bond donors (Lipinski definition) is 3. The largest absolute Gasteiger partial charge is 0.357 e. The predicted octanol–water partition coefficient (Wildman–Crippen LogP) is 3.86. The molecule has 166 valence electrons. The lowest BCUT2D eigenvalue weighted by molar-refractivity contribution is -0.118. The molecule has 8 heteroatoms. The van der Waals surface area contributed by atoms with Gasteiger partial charge in [0.05, 0.1) is 12.2 Å². The third-order valence-electron chi connectivity index (χ3n) is 4.45. The van der Waals surface area contributed by atoms with E-state index in [1.807, 2.05) is 49.7 Å². The number of benzene rings is 1. The van der Waals surface area contributed by atoms with Gasteiger partial charge in [0.15, 0.2) is 5.96 Å². The van der Waals surface area contributed by atoms with Gasteiger partial charge < -0.3 is 16.0 Å². The smallest absolute Gasteiger partial charge is 0.226 e. The van der Waals surface area contributed by atoms with Gasteiger partial charge in [0, 0.05) is 36.9 Å². The summed E-state index contributed by atoms with van der Waals surface area (Å²) in [5.74, 6) is 0.794. The van der Waals surface area contributed by atoms with Gasteiger partial charge in [-0.3, -0.25) is 9.48 Å². The van der Waals surface area contributed by atoms with Crippen LogP contribution in [-0.4, -0.2) is 34.7 Å². The monoisotopic (exact) mass is 526 g/mol. The molecule has 0 aliphatic carbocycles. The maximum Gasteiger partial charge on any atom is 0.226 e. The second kappa shape index (κ2) is 13.3. The highest BCUT2D eigenvalue weighted by atomic mass is 127. The quantitative estimate of drug-likeness (QED) is 0.201. The lowest BCUT2D eigenvalue weighted by Gasteiger charge is -2.12. The predicted molar refractivity (Wildman–Crippen MR) is 134 cm³/mol. The molecule has 1 amide bonds. The van der Waals surface area contributed by atoms with Gasteiger partial charge in [-0.2, -0.15) is 5.10 Å². The van der Waals surface area contributed by atoms with Gasteiger partial charge in [-0.05, 0) is 51.0 Å². The number of nitrogens with one attached hydrogen (secondary N) is 3. The van der Waals surface area contributed by atoms with E-state index in [0.29, 0.717) is 6.54 Å². The first-order valence-corrected chi connectivity index (χ1v) is 10.3. The number of carbonyl (C=O) groups excluding carboxylic acids is 1. The first-order valence-electron chi connectivity index (χ1n) is 10.3. The van der Waals surface area contributed by atoms with Crippen LogP contribution >= 0.6 is 24.0 Å². The minimum Gasteiger partial charge on any atom is -0.357 e. The van der Waals surface area contributed by atoms with Crippen LogP contribution < -0.4 is 16.0 Å². The van der Waals surface area contributed by atoms with Gasteiger partial charge in [-0.1, -0.05) is 26.0 Å². The number of aryl methyl sites for hydroxylation is 3. The number of amides is 1. The molecule has 3 N–H and O–H groups in total. The highest BCUT2D eigenvalue weighted by Gasteiger charge is 2.07. The Balaban J connectivity index is 0.00000450. The van der Waals surface area contributed by atoms with E-state index in [1.54, 1.807) is 0 Å². The van der Waals surface area contributed by atoms with Crippen molar-refractivity contribution in [2.45, 2.75) is 54.1 Å². The first kappa shape index (κ1) is 25.9. The number of aliphatic imine (C=N–C) groups is 1. The van der Waals surface area contributed by atoms with Crippen molar-refractivity contribution < 1.29 is 4.79 Å². The second-order valence-electron chi connectivity index (χ2n) is 7.47. The third-order valence-corrected chi connectivity index (χ3v) is 4.45. The second-order valence-corrected chi connectivity index (χ2v) is 7.47. The van der Waals surface area contributed by atoms with Gasteiger partial charge in [0.25, 0.3) is 0 Å². The van der Waals surface area contributed by atoms with Gasteiger partial charge in [-0.15, -0.1) is 24.0 Å². The van der Waals surface area contributed by atoms with Crippen LogP contribution in [0, 0.1) is 19.8 Å². The molecule has 0 aliphatic heterocycles. The summed E-state index contributed by atoms with van der Waals surface area (Å²) < 4.78 is 2.04. The Labute approximate surface area is 197 Å². The van der Waals surface area contributed by atoms with E-state index in [0.717, 1.165) is 49.0 Å². The SMILES string of the molecule is CCNC(=NCc1ccc(NC(=O)C(C)C)cc1)NCCCn1nc(C)cc1C.I. The number of rotatable bonds is 9. The van der Waals surface area contributed by atoms with Gasteiger partial charge in [0.2, 0.25) is 5.91 Å². The Kier molecular flexibility index (Phi) is 11.5. The summed E-state index contributed by atoms with van der Waals surface area (Å²) >= 11 is 0. The maximum absolute atomic E-state index is 11.8. The summed E-state index contributed by atoms with van der Waals surface area (Å²) in [6.45, 7) is 13.0. The summed E-state index contributed by atoms with van der Waals surface area (Å²) in [5, 5.41) is 14.0. The molecule has 30 heavy (non-hydrogen) atoms. The Morgan fingerprint density at radius 3 is 2.43 bits per heavy atom. The number of aromatic nitrogens is 2. The van der Waals surface area contributed by atoms with E-state index in [1.165, 1.54) is 5.69 Å². The van der Waals surface area contributed by atoms with Crippen LogP contribution in [0.2, 0.25) is 0 Å². The zero-order chi connectivity index (χ0) is 21.2. The van der Waals surface area contributed by atoms with Crippen molar-refractivity contribution >= 4 is 41.5 Å². The highest BCUT2D eigenvalue weighted by molar-refractivity contribution is 14.0. The summed E-state index contributed by atoms with van der Waals surface area (Å²) in [4.78, 5) is 16.4. The molecular weight excluding hydrogens is 491 g/mol. The molecule has 0 unspecified atom stereocenters. The molecule has 1 aromatic heterocycles. The first-order chi connectivity index (χ1) is 13.9. The minimum absolute atomic E-state index is 0. The van der Waals surface area contributed by atoms with Gasteiger partial charge >= 0.3 is 0 Å². The van der Waals surface area contributed by atoms with Crippen molar-refractivity contribution in [3.63, 3.8) is 0 Å². The number of nitrogens with zero attached hydrogens (tertiary/aromatic N) is 3. The average Bonchev–Trinajstić information content (AvgIpc) is 3.01. The van der Waals surface area contributed by atoms with E-state index in [2.05, 4.69) is 46.0 Å². The standard InChI is InChI=1S/C22H34N6O.HI/c1-6-23-22(24-12-7-13-28-18(5)14-17(4)27-28)25-15-19-8-10-20(11-9-19)26-21(29)16(2)3;/h8-11,14,16H,6-7,12-13,15H2,1-5H3,(H,26,29)(H2,23,24,25);1H. The number of halogens is 1. The summed E-state index contributed by atoms with van der Waals surface area (Å²) in [7, 11) is 0. The summed E-state index contributed by atoms with van der Waals surface area (Å²) in [5.41, 5.74) is 4.15. The van der Waals surface area contributed by atoms with Crippen LogP contribution in [0.15, 0.2) is 35.3 Å². The molecule has 0 radical (unpaired) electrons. The van der Waals surface area contributed by atoms with Crippen molar-refractivity contribution in [1.29, 1.82) is 0 Å². The molecule has 1 heterocycles. The van der Waals surface area contributed by atoms with Crippen molar-refractivity contribution in [3.8, 4) is 0 Å². The number of anilines is 1. The molecule has 1 aromatic carbocycles. The molecule has 0 bridgehead atoms. The molecule has 0 saturated heterocycles. The lowest BCUT2D eigenvalue weighted by atomic mass is 10.2. The van der Waals surface area contributed by atoms with Crippen LogP contribution in [0.3, 0.4) is 0 Å².